The molecule has 6 aromatic rings. The molecular weight excluding hydrogens is 496 g/mol. The predicted molar refractivity (Wildman–Crippen MR) is 159 cm³/mol. The summed E-state index contributed by atoms with van der Waals surface area (Å²) in [7, 11) is 0. The minimum atomic E-state index is 0.557. The molecule has 4 aromatic carbocycles. The smallest absolute Gasteiger partial charge is 0.205 e. The summed E-state index contributed by atoms with van der Waals surface area (Å²) < 4.78 is 2.04. The topological polar surface area (TPSA) is 89.4 Å². The second-order valence-corrected chi connectivity index (χ2v) is 9.63. The highest BCUT2D eigenvalue weighted by atomic mass is 16.1. The average molecular weight is 525 g/mol. The van der Waals surface area contributed by atoms with Crippen molar-refractivity contribution in [2.24, 2.45) is 0 Å². The number of aromatic nitrogens is 6. The fourth-order valence-corrected chi connectivity index (χ4v) is 5.11. The van der Waals surface area contributed by atoms with E-state index < -0.39 is 0 Å². The Morgan fingerprint density at radius 3 is 2.40 bits per heavy atom. The lowest BCUT2D eigenvalue weighted by molar-refractivity contribution is 0.111. The van der Waals surface area contributed by atoms with Gasteiger partial charge in [-0.3, -0.25) is 4.79 Å². The van der Waals surface area contributed by atoms with Crippen LogP contribution in [0.5, 0.6) is 0 Å². The van der Waals surface area contributed by atoms with E-state index in [4.69, 9.17) is 4.98 Å². The summed E-state index contributed by atoms with van der Waals surface area (Å²) >= 11 is 0. The van der Waals surface area contributed by atoms with Crippen molar-refractivity contribution < 1.29 is 4.79 Å². The molecule has 2 aromatic heterocycles. The Morgan fingerprint density at radius 1 is 0.850 bits per heavy atom. The van der Waals surface area contributed by atoms with Crippen LogP contribution in [-0.2, 0) is 13.0 Å². The Kier molecular flexibility index (Phi) is 7.09. The van der Waals surface area contributed by atoms with Gasteiger partial charge in [-0.2, -0.15) is 5.21 Å². The number of aryl methyl sites for hydroxylation is 1. The minimum Gasteiger partial charge on any atom is -0.321 e. The van der Waals surface area contributed by atoms with Crippen LogP contribution in [-0.4, -0.2) is 36.5 Å². The summed E-state index contributed by atoms with van der Waals surface area (Å²) in [6, 6.07) is 30.9. The van der Waals surface area contributed by atoms with Gasteiger partial charge in [0.25, 0.3) is 0 Å². The van der Waals surface area contributed by atoms with Crippen molar-refractivity contribution in [1.82, 2.24) is 30.2 Å². The number of hydrogen-bond acceptors (Lipinski definition) is 5. The lowest BCUT2D eigenvalue weighted by Crippen LogP contribution is -2.08. The second-order valence-electron chi connectivity index (χ2n) is 9.63. The third-order valence-electron chi connectivity index (χ3n) is 7.06. The molecule has 40 heavy (non-hydrogen) atoms. The van der Waals surface area contributed by atoms with Crippen LogP contribution in [0.3, 0.4) is 0 Å². The number of nitrogens with one attached hydrogen (secondary N) is 1. The SMILES string of the molecule is CCCc1nc(/C=C\c2cccc3ccccc23)c(C=O)n1Cc1ccc(-c2ccccc2-c2nn[nH]n2)cc1. The number of nitrogens with zero attached hydrogens (tertiary/aromatic N) is 5. The third kappa shape index (κ3) is 4.97. The maximum Gasteiger partial charge on any atom is 0.205 e. The minimum absolute atomic E-state index is 0.557. The summed E-state index contributed by atoms with van der Waals surface area (Å²) in [6.07, 6.45) is 6.66. The van der Waals surface area contributed by atoms with Gasteiger partial charge in [-0.05, 0) is 50.7 Å². The lowest BCUT2D eigenvalue weighted by atomic mass is 9.98. The van der Waals surface area contributed by atoms with Gasteiger partial charge in [-0.1, -0.05) is 104 Å². The van der Waals surface area contributed by atoms with Crippen molar-refractivity contribution in [3.8, 4) is 22.5 Å². The largest absolute Gasteiger partial charge is 0.321 e. The number of rotatable bonds is 9. The Labute approximate surface area is 232 Å². The fraction of sp³-hybridized carbons (Fsp3) is 0.121. The van der Waals surface area contributed by atoms with E-state index >= 15 is 0 Å². The van der Waals surface area contributed by atoms with E-state index in [1.54, 1.807) is 0 Å². The standard InChI is InChI=1S/C33H28N6O/c1-2-8-32-34-30(20-19-25-11-7-10-24-9-3-4-12-27(24)25)31(22-40)39(32)21-23-15-17-26(18-16-23)28-13-5-6-14-29(28)33-35-37-38-36-33/h3-7,9-20,22H,2,8,21H2,1H3,(H,35,36,37,38)/b20-19-. The van der Waals surface area contributed by atoms with Crippen molar-refractivity contribution in [3.05, 3.63) is 119 Å². The number of imidazole rings is 1. The molecule has 0 atom stereocenters. The summed E-state index contributed by atoms with van der Waals surface area (Å²) in [5.41, 5.74) is 6.46. The van der Waals surface area contributed by atoms with Crippen LogP contribution in [0.15, 0.2) is 91.0 Å². The monoisotopic (exact) mass is 524 g/mol. The van der Waals surface area contributed by atoms with Crippen LogP contribution in [0.25, 0.3) is 45.4 Å². The maximum atomic E-state index is 12.4. The summed E-state index contributed by atoms with van der Waals surface area (Å²) in [5.74, 6) is 1.47. The molecule has 196 valence electrons. The quantitative estimate of drug-likeness (QED) is 0.209. The Morgan fingerprint density at radius 2 is 1.62 bits per heavy atom. The van der Waals surface area contributed by atoms with E-state index in [1.165, 1.54) is 10.8 Å². The van der Waals surface area contributed by atoms with Crippen molar-refractivity contribution in [2.75, 3.05) is 0 Å². The van der Waals surface area contributed by atoms with E-state index in [0.29, 0.717) is 23.8 Å². The number of fused-ring (bicyclic) bond motifs is 1. The van der Waals surface area contributed by atoms with Crippen molar-refractivity contribution >= 4 is 29.2 Å². The molecule has 0 unspecified atom stereocenters. The van der Waals surface area contributed by atoms with Crippen LogP contribution in [0.4, 0.5) is 0 Å². The van der Waals surface area contributed by atoms with Gasteiger partial charge in [0.2, 0.25) is 5.82 Å². The molecule has 0 amide bonds. The molecule has 0 aliphatic rings. The van der Waals surface area contributed by atoms with Crippen molar-refractivity contribution in [2.45, 2.75) is 26.3 Å². The number of hydrogen-bond donors (Lipinski definition) is 1. The zero-order chi connectivity index (χ0) is 27.3. The van der Waals surface area contributed by atoms with E-state index in [-0.39, 0.29) is 0 Å². The van der Waals surface area contributed by atoms with Crippen LogP contribution in [0, 0.1) is 0 Å². The van der Waals surface area contributed by atoms with Gasteiger partial charge in [0.1, 0.15) is 11.5 Å². The van der Waals surface area contributed by atoms with Crippen LogP contribution in [0.1, 0.15) is 46.5 Å². The molecule has 6 rings (SSSR count). The molecule has 0 fully saturated rings. The van der Waals surface area contributed by atoms with Crippen LogP contribution < -0.4 is 0 Å². The Hall–Kier alpha value is -5.17. The fourth-order valence-electron chi connectivity index (χ4n) is 5.11. The van der Waals surface area contributed by atoms with Gasteiger partial charge < -0.3 is 4.57 Å². The second kappa shape index (κ2) is 11.3. The average Bonchev–Trinajstić information content (AvgIpc) is 3.65. The summed E-state index contributed by atoms with van der Waals surface area (Å²) in [4.78, 5) is 17.2. The molecule has 1 N–H and O–H groups in total. The van der Waals surface area contributed by atoms with Gasteiger partial charge in [0.05, 0.1) is 5.69 Å². The number of aldehydes is 1. The molecule has 0 aliphatic heterocycles. The first-order chi connectivity index (χ1) is 19.7. The molecule has 0 spiro atoms. The molecule has 0 saturated carbocycles. The number of H-pyrrole nitrogens is 1. The van der Waals surface area contributed by atoms with E-state index in [9.17, 15) is 4.79 Å². The van der Waals surface area contributed by atoms with Gasteiger partial charge in [-0.15, -0.1) is 10.2 Å². The van der Waals surface area contributed by atoms with Crippen LogP contribution in [0.2, 0.25) is 0 Å². The first kappa shape index (κ1) is 25.1. The number of aromatic amines is 1. The number of benzene rings is 4. The highest BCUT2D eigenvalue weighted by molar-refractivity contribution is 5.93. The maximum absolute atomic E-state index is 12.4. The molecular formula is C33H28N6O. The zero-order valence-electron chi connectivity index (χ0n) is 22.2. The van der Waals surface area contributed by atoms with E-state index in [1.807, 2.05) is 53.1 Å². The molecule has 0 aliphatic carbocycles. The normalized spacial score (nSPS) is 11.4. The number of tetrazole rings is 1. The highest BCUT2D eigenvalue weighted by Gasteiger charge is 2.16. The van der Waals surface area contributed by atoms with Crippen molar-refractivity contribution in [3.63, 3.8) is 0 Å². The van der Waals surface area contributed by atoms with E-state index in [0.717, 1.165) is 52.8 Å². The van der Waals surface area contributed by atoms with Crippen LogP contribution >= 0.6 is 0 Å². The molecule has 0 bridgehead atoms. The molecule has 7 heteroatoms. The number of carbonyl (C=O) groups excluding carboxylic acids is 1. The van der Waals surface area contributed by atoms with E-state index in [2.05, 4.69) is 82.1 Å². The van der Waals surface area contributed by atoms with Gasteiger partial charge in [0.15, 0.2) is 6.29 Å². The van der Waals surface area contributed by atoms with Crippen molar-refractivity contribution in [1.29, 1.82) is 0 Å². The van der Waals surface area contributed by atoms with Gasteiger partial charge in [-0.25, -0.2) is 4.98 Å². The summed E-state index contributed by atoms with van der Waals surface area (Å²) in [5, 5.41) is 16.9. The predicted octanol–water partition coefficient (Wildman–Crippen LogP) is 6.87. The Balaban J connectivity index is 1.31. The molecule has 7 nitrogen and oxygen atoms in total. The third-order valence-corrected chi connectivity index (χ3v) is 7.06. The summed E-state index contributed by atoms with van der Waals surface area (Å²) in [6.45, 7) is 2.69. The Bertz CT molecular complexity index is 1790. The highest BCUT2D eigenvalue weighted by Crippen LogP contribution is 2.30. The first-order valence-electron chi connectivity index (χ1n) is 13.4. The molecule has 2 heterocycles. The van der Waals surface area contributed by atoms with Gasteiger partial charge in [0, 0.05) is 18.5 Å². The zero-order valence-corrected chi connectivity index (χ0v) is 22.2. The number of carbonyl (C=O) groups is 1. The molecule has 0 saturated heterocycles. The lowest BCUT2D eigenvalue weighted by Gasteiger charge is -2.11. The first-order valence-corrected chi connectivity index (χ1v) is 13.4. The van der Waals surface area contributed by atoms with Gasteiger partial charge >= 0.3 is 0 Å². The molecule has 0 radical (unpaired) electrons.